The van der Waals surface area contributed by atoms with Gasteiger partial charge in [-0.3, -0.25) is 4.79 Å². The van der Waals surface area contributed by atoms with Crippen LogP contribution in [0, 0.1) is 11.3 Å². The highest BCUT2D eigenvalue weighted by Gasteiger charge is 2.39. The van der Waals surface area contributed by atoms with Gasteiger partial charge in [0.1, 0.15) is 6.10 Å². The van der Waals surface area contributed by atoms with Crippen molar-refractivity contribution in [3.8, 4) is 0 Å². The van der Waals surface area contributed by atoms with Crippen LogP contribution in [0.15, 0.2) is 0 Å². The van der Waals surface area contributed by atoms with Crippen molar-refractivity contribution in [2.75, 3.05) is 26.2 Å². The number of likely N-dealkylation sites (tertiary alicyclic amines) is 1. The number of nitrogens with one attached hydrogen (secondary N) is 1. The van der Waals surface area contributed by atoms with Crippen LogP contribution in [0.2, 0.25) is 0 Å². The average molecular weight is 322 g/mol. The van der Waals surface area contributed by atoms with E-state index in [-0.39, 0.29) is 12.0 Å². The molecule has 1 aliphatic carbocycles. The first-order valence-electron chi connectivity index (χ1n) is 9.77. The molecule has 2 aliphatic heterocycles. The highest BCUT2D eigenvalue weighted by Crippen LogP contribution is 2.37. The van der Waals surface area contributed by atoms with E-state index < -0.39 is 0 Å². The first-order chi connectivity index (χ1) is 11.1. The fourth-order valence-corrected chi connectivity index (χ4v) is 4.69. The van der Waals surface area contributed by atoms with E-state index in [1.165, 1.54) is 19.3 Å². The Balaban J connectivity index is 1.51. The van der Waals surface area contributed by atoms with Gasteiger partial charge < -0.3 is 15.0 Å². The molecule has 0 aromatic carbocycles. The van der Waals surface area contributed by atoms with Gasteiger partial charge in [-0.25, -0.2) is 0 Å². The number of carbonyl (C=O) groups excluding carboxylic acids is 1. The van der Waals surface area contributed by atoms with Crippen LogP contribution in [0.3, 0.4) is 0 Å². The molecular weight excluding hydrogens is 288 g/mol. The van der Waals surface area contributed by atoms with Gasteiger partial charge in [-0.15, -0.1) is 0 Å². The van der Waals surface area contributed by atoms with E-state index in [4.69, 9.17) is 4.74 Å². The quantitative estimate of drug-likeness (QED) is 0.865. The molecule has 23 heavy (non-hydrogen) atoms. The van der Waals surface area contributed by atoms with Crippen LogP contribution in [-0.4, -0.2) is 49.2 Å². The lowest BCUT2D eigenvalue weighted by molar-refractivity contribution is -0.152. The van der Waals surface area contributed by atoms with Crippen LogP contribution in [-0.2, 0) is 9.53 Å². The summed E-state index contributed by atoms with van der Waals surface area (Å²) in [5, 5.41) is 3.49. The Labute approximate surface area is 141 Å². The summed E-state index contributed by atoms with van der Waals surface area (Å²) in [6, 6.07) is 0. The van der Waals surface area contributed by atoms with Gasteiger partial charge in [0, 0.05) is 19.6 Å². The van der Waals surface area contributed by atoms with Crippen LogP contribution in [0.4, 0.5) is 0 Å². The van der Waals surface area contributed by atoms with Crippen molar-refractivity contribution < 1.29 is 9.53 Å². The number of hydrogen-bond acceptors (Lipinski definition) is 3. The van der Waals surface area contributed by atoms with E-state index in [2.05, 4.69) is 24.1 Å². The van der Waals surface area contributed by atoms with E-state index in [0.29, 0.717) is 11.5 Å². The molecule has 4 nitrogen and oxygen atoms in total. The molecule has 3 fully saturated rings. The number of nitrogens with zero attached hydrogens (tertiary/aromatic N) is 1. The minimum Gasteiger partial charge on any atom is -0.365 e. The predicted octanol–water partition coefficient (Wildman–Crippen LogP) is 2.96. The van der Waals surface area contributed by atoms with Crippen molar-refractivity contribution in [2.45, 2.75) is 77.4 Å². The number of hydrogen-bond donors (Lipinski definition) is 1. The summed E-state index contributed by atoms with van der Waals surface area (Å²) in [4.78, 5) is 14.9. The van der Waals surface area contributed by atoms with Crippen LogP contribution in [0.5, 0.6) is 0 Å². The first-order valence-corrected chi connectivity index (χ1v) is 9.77. The van der Waals surface area contributed by atoms with E-state index in [9.17, 15) is 4.79 Å². The number of rotatable bonds is 4. The minimum absolute atomic E-state index is 0.221. The molecule has 3 atom stereocenters. The van der Waals surface area contributed by atoms with Crippen LogP contribution < -0.4 is 5.32 Å². The van der Waals surface area contributed by atoms with Crippen molar-refractivity contribution in [1.82, 2.24) is 10.2 Å². The highest BCUT2D eigenvalue weighted by atomic mass is 16.5. The summed E-state index contributed by atoms with van der Waals surface area (Å²) in [6.07, 6.45) is 9.27. The fraction of sp³-hybridized carbons (Fsp3) is 0.947. The Bertz CT molecular complexity index is 396. The Hall–Kier alpha value is -0.610. The number of piperidine rings is 1. The molecule has 0 aromatic rings. The van der Waals surface area contributed by atoms with E-state index >= 15 is 0 Å². The van der Waals surface area contributed by atoms with Gasteiger partial charge in [-0.2, -0.15) is 0 Å². The maximum atomic E-state index is 12.9. The monoisotopic (exact) mass is 322 g/mol. The second kappa shape index (κ2) is 7.52. The van der Waals surface area contributed by atoms with E-state index in [0.717, 1.165) is 64.2 Å². The topological polar surface area (TPSA) is 41.6 Å². The molecule has 4 heteroatoms. The van der Waals surface area contributed by atoms with Crippen LogP contribution in [0.25, 0.3) is 0 Å². The third-order valence-electron chi connectivity index (χ3n) is 6.36. The maximum Gasteiger partial charge on any atom is 0.251 e. The van der Waals surface area contributed by atoms with Gasteiger partial charge in [0.25, 0.3) is 5.91 Å². The molecule has 1 amide bonds. The molecule has 132 valence electrons. The van der Waals surface area contributed by atoms with Crippen molar-refractivity contribution >= 4 is 5.91 Å². The third-order valence-corrected chi connectivity index (χ3v) is 6.36. The van der Waals surface area contributed by atoms with Crippen molar-refractivity contribution in [1.29, 1.82) is 0 Å². The fourth-order valence-electron chi connectivity index (χ4n) is 4.69. The SMILES string of the molecule is CCC(OC1CCCC(C)C1)C(=O)N1CCC2(CCNC2)CC1. The largest absolute Gasteiger partial charge is 0.365 e. The van der Waals surface area contributed by atoms with Crippen LogP contribution in [0.1, 0.15) is 65.2 Å². The molecule has 0 bridgehead atoms. The first kappa shape index (κ1) is 17.2. The standard InChI is InChI=1S/C19H34N2O2/c1-3-17(23-16-6-4-5-15(2)13-16)18(22)21-11-8-19(9-12-21)7-10-20-14-19/h15-17,20H,3-14H2,1-2H3. The Kier molecular flexibility index (Phi) is 5.63. The zero-order valence-electron chi connectivity index (χ0n) is 15.0. The zero-order valence-corrected chi connectivity index (χ0v) is 15.0. The Morgan fingerprint density at radius 2 is 2.09 bits per heavy atom. The van der Waals surface area contributed by atoms with Gasteiger partial charge in [0.05, 0.1) is 6.10 Å². The summed E-state index contributed by atoms with van der Waals surface area (Å²) < 4.78 is 6.24. The second-order valence-electron chi connectivity index (χ2n) is 8.18. The van der Waals surface area contributed by atoms with Gasteiger partial charge in [-0.1, -0.05) is 26.7 Å². The van der Waals surface area contributed by atoms with E-state index in [1.807, 2.05) is 0 Å². The number of amides is 1. The van der Waals surface area contributed by atoms with E-state index in [1.54, 1.807) is 0 Å². The van der Waals surface area contributed by atoms with Crippen LogP contribution >= 0.6 is 0 Å². The minimum atomic E-state index is -0.221. The molecule has 2 heterocycles. The molecule has 2 saturated heterocycles. The molecule has 0 aromatic heterocycles. The van der Waals surface area contributed by atoms with Crippen molar-refractivity contribution in [3.63, 3.8) is 0 Å². The van der Waals surface area contributed by atoms with Gasteiger partial charge in [-0.05, 0) is 56.4 Å². The zero-order chi connectivity index (χ0) is 16.3. The highest BCUT2D eigenvalue weighted by molar-refractivity contribution is 5.81. The molecule has 1 spiro atoms. The summed E-state index contributed by atoms with van der Waals surface area (Å²) in [5.74, 6) is 0.984. The summed E-state index contributed by atoms with van der Waals surface area (Å²) in [5.41, 5.74) is 0.470. The van der Waals surface area contributed by atoms with Gasteiger partial charge in [0.2, 0.25) is 0 Å². The van der Waals surface area contributed by atoms with Gasteiger partial charge >= 0.3 is 0 Å². The summed E-state index contributed by atoms with van der Waals surface area (Å²) >= 11 is 0. The van der Waals surface area contributed by atoms with Gasteiger partial charge in [0.15, 0.2) is 0 Å². The van der Waals surface area contributed by atoms with Crippen molar-refractivity contribution in [2.24, 2.45) is 11.3 Å². The average Bonchev–Trinajstić information content (AvgIpc) is 3.01. The molecule has 3 rings (SSSR count). The Morgan fingerprint density at radius 3 is 2.70 bits per heavy atom. The second-order valence-corrected chi connectivity index (χ2v) is 8.18. The number of carbonyl (C=O) groups is 1. The smallest absolute Gasteiger partial charge is 0.251 e. The lowest BCUT2D eigenvalue weighted by Gasteiger charge is -2.40. The molecule has 3 unspecified atom stereocenters. The normalized spacial score (nSPS) is 32.2. The lowest BCUT2D eigenvalue weighted by Crippen LogP contribution is -2.48. The molecular formula is C19H34N2O2. The number of ether oxygens (including phenoxy) is 1. The molecule has 3 aliphatic rings. The Morgan fingerprint density at radius 1 is 1.30 bits per heavy atom. The third kappa shape index (κ3) is 4.08. The van der Waals surface area contributed by atoms with Crippen molar-refractivity contribution in [3.05, 3.63) is 0 Å². The summed E-state index contributed by atoms with van der Waals surface area (Å²) in [7, 11) is 0. The molecule has 1 N–H and O–H groups in total. The summed E-state index contributed by atoms with van der Waals surface area (Å²) in [6.45, 7) is 8.51. The lowest BCUT2D eigenvalue weighted by atomic mass is 9.78. The predicted molar refractivity (Wildman–Crippen MR) is 92.3 cm³/mol. The molecule has 0 radical (unpaired) electrons. The molecule has 1 saturated carbocycles. The maximum absolute atomic E-state index is 12.9.